The Labute approximate surface area is 168 Å². The summed E-state index contributed by atoms with van der Waals surface area (Å²) in [7, 11) is 0. The Balaban J connectivity index is 1.71. The van der Waals surface area contributed by atoms with Gasteiger partial charge in [-0.25, -0.2) is 0 Å². The number of nitrogens with one attached hydrogen (secondary N) is 1. The van der Waals surface area contributed by atoms with Gasteiger partial charge in [0.15, 0.2) is 0 Å². The number of fused-ring (bicyclic) bond motifs is 1. The number of thioether (sulfide) groups is 1. The quantitative estimate of drug-likeness (QED) is 0.413. The number of H-pyrrole nitrogens is 1. The van der Waals surface area contributed by atoms with Crippen LogP contribution in [0.4, 0.5) is 0 Å². The van der Waals surface area contributed by atoms with Gasteiger partial charge in [0, 0.05) is 27.9 Å². The molecule has 4 aromatic rings. The summed E-state index contributed by atoms with van der Waals surface area (Å²) in [5, 5.41) is 10.4. The Morgan fingerprint density at radius 3 is 2.50 bits per heavy atom. The molecule has 0 aliphatic rings. The third-order valence-corrected chi connectivity index (χ3v) is 5.67. The lowest BCUT2D eigenvalue weighted by atomic mass is 9.98. The second-order valence-electron chi connectivity index (χ2n) is 6.81. The van der Waals surface area contributed by atoms with E-state index in [9.17, 15) is 9.90 Å². The molecule has 3 aromatic carbocycles. The van der Waals surface area contributed by atoms with Crippen molar-refractivity contribution in [2.24, 2.45) is 0 Å². The molecule has 0 aliphatic carbocycles. The molecular weight excluding hydrogens is 366 g/mol. The fourth-order valence-electron chi connectivity index (χ4n) is 3.63. The molecule has 0 saturated carbocycles. The largest absolute Gasteiger partial charge is 0.481 e. The van der Waals surface area contributed by atoms with E-state index in [-0.39, 0.29) is 6.42 Å². The van der Waals surface area contributed by atoms with Crippen LogP contribution in [0.15, 0.2) is 77.7 Å². The number of para-hydroxylation sites is 1. The average molecular weight is 388 g/mol. The van der Waals surface area contributed by atoms with Gasteiger partial charge in [-0.15, -0.1) is 11.8 Å². The molecule has 1 aromatic heterocycles. The first-order chi connectivity index (χ1) is 13.6. The third kappa shape index (κ3) is 3.82. The zero-order valence-corrected chi connectivity index (χ0v) is 16.4. The van der Waals surface area contributed by atoms with E-state index in [1.54, 1.807) is 11.8 Å². The Morgan fingerprint density at radius 1 is 0.964 bits per heavy atom. The number of carbonyl (C=O) groups is 1. The summed E-state index contributed by atoms with van der Waals surface area (Å²) in [6, 6.07) is 24.9. The van der Waals surface area contributed by atoms with Crippen LogP contribution in [0.25, 0.3) is 22.0 Å². The number of hydrogen-bond acceptors (Lipinski definition) is 2. The van der Waals surface area contributed by atoms with Crippen molar-refractivity contribution >= 4 is 28.6 Å². The molecule has 2 N–H and O–H groups in total. The Morgan fingerprint density at radius 2 is 1.71 bits per heavy atom. The Bertz CT molecular complexity index is 1150. The van der Waals surface area contributed by atoms with Gasteiger partial charge in [-0.3, -0.25) is 4.79 Å². The maximum Gasteiger partial charge on any atom is 0.307 e. The fraction of sp³-hybridized carbons (Fsp3) is 0.125. The van der Waals surface area contributed by atoms with Gasteiger partial charge in [0.05, 0.1) is 6.42 Å². The summed E-state index contributed by atoms with van der Waals surface area (Å²) in [5.41, 5.74) is 6.35. The molecule has 0 bridgehead atoms. The SMILES string of the molecule is CSc1cccc(-c2cccc(Cc3[nH]c4ccccc4c3CC(=O)O)c2)c1. The molecule has 0 atom stereocenters. The summed E-state index contributed by atoms with van der Waals surface area (Å²) in [6.45, 7) is 0. The van der Waals surface area contributed by atoms with E-state index in [0.29, 0.717) is 6.42 Å². The molecular formula is C24H21NO2S. The molecule has 0 amide bonds. The van der Waals surface area contributed by atoms with E-state index < -0.39 is 5.97 Å². The van der Waals surface area contributed by atoms with Gasteiger partial charge in [0.1, 0.15) is 0 Å². The van der Waals surface area contributed by atoms with Crippen LogP contribution in [-0.4, -0.2) is 22.3 Å². The molecule has 1 heterocycles. The standard InChI is InChI=1S/C24H21NO2S/c1-28-19-9-5-8-18(14-19)17-7-4-6-16(12-17)13-23-21(15-24(26)27)20-10-2-3-11-22(20)25-23/h2-12,14,25H,13,15H2,1H3,(H,26,27). The molecule has 3 nitrogen and oxygen atoms in total. The highest BCUT2D eigenvalue weighted by Crippen LogP contribution is 2.28. The van der Waals surface area contributed by atoms with Crippen molar-refractivity contribution in [3.8, 4) is 11.1 Å². The summed E-state index contributed by atoms with van der Waals surface area (Å²) in [5.74, 6) is -0.811. The highest BCUT2D eigenvalue weighted by atomic mass is 32.2. The van der Waals surface area contributed by atoms with Crippen LogP contribution < -0.4 is 0 Å². The topological polar surface area (TPSA) is 53.1 Å². The van der Waals surface area contributed by atoms with E-state index in [1.165, 1.54) is 16.0 Å². The second kappa shape index (κ2) is 7.95. The lowest BCUT2D eigenvalue weighted by molar-refractivity contribution is -0.136. The van der Waals surface area contributed by atoms with Crippen LogP contribution in [0.2, 0.25) is 0 Å². The molecule has 0 aliphatic heterocycles. The average Bonchev–Trinajstić information content (AvgIpc) is 3.05. The number of aliphatic carboxylic acids is 1. The molecule has 0 saturated heterocycles. The second-order valence-corrected chi connectivity index (χ2v) is 7.69. The Kier molecular flexibility index (Phi) is 5.22. The minimum Gasteiger partial charge on any atom is -0.481 e. The summed E-state index contributed by atoms with van der Waals surface area (Å²) >= 11 is 1.73. The summed E-state index contributed by atoms with van der Waals surface area (Å²) in [6.07, 6.45) is 2.78. The van der Waals surface area contributed by atoms with Gasteiger partial charge >= 0.3 is 5.97 Å². The molecule has 28 heavy (non-hydrogen) atoms. The summed E-state index contributed by atoms with van der Waals surface area (Å²) in [4.78, 5) is 16.1. The van der Waals surface area contributed by atoms with Crippen molar-refractivity contribution in [1.82, 2.24) is 4.98 Å². The minimum atomic E-state index is -0.811. The van der Waals surface area contributed by atoms with Crippen LogP contribution in [0, 0.1) is 0 Å². The predicted molar refractivity (Wildman–Crippen MR) is 116 cm³/mol. The lowest BCUT2D eigenvalue weighted by Crippen LogP contribution is -2.03. The molecule has 4 heteroatoms. The maximum absolute atomic E-state index is 11.4. The van der Waals surface area contributed by atoms with Crippen molar-refractivity contribution in [2.45, 2.75) is 17.7 Å². The first-order valence-corrected chi connectivity index (χ1v) is 10.4. The van der Waals surface area contributed by atoms with Crippen molar-refractivity contribution < 1.29 is 9.90 Å². The van der Waals surface area contributed by atoms with Crippen LogP contribution >= 0.6 is 11.8 Å². The fourth-order valence-corrected chi connectivity index (χ4v) is 4.09. The van der Waals surface area contributed by atoms with Gasteiger partial charge in [-0.1, -0.05) is 54.6 Å². The van der Waals surface area contributed by atoms with E-state index in [2.05, 4.69) is 59.8 Å². The number of aromatic amines is 1. The Hall–Kier alpha value is -2.98. The van der Waals surface area contributed by atoms with Crippen LogP contribution in [0.3, 0.4) is 0 Å². The first kappa shape index (κ1) is 18.4. The molecule has 0 unspecified atom stereocenters. The van der Waals surface area contributed by atoms with E-state index >= 15 is 0 Å². The van der Waals surface area contributed by atoms with E-state index in [0.717, 1.165) is 27.7 Å². The van der Waals surface area contributed by atoms with E-state index in [4.69, 9.17) is 0 Å². The zero-order chi connectivity index (χ0) is 19.5. The van der Waals surface area contributed by atoms with Crippen molar-refractivity contribution in [2.75, 3.05) is 6.26 Å². The van der Waals surface area contributed by atoms with Gasteiger partial charge in [-0.05, 0) is 46.7 Å². The van der Waals surface area contributed by atoms with Crippen LogP contribution in [-0.2, 0) is 17.6 Å². The monoisotopic (exact) mass is 387 g/mol. The minimum absolute atomic E-state index is 0.0226. The number of carboxylic acids is 1. The third-order valence-electron chi connectivity index (χ3n) is 4.94. The molecule has 0 spiro atoms. The normalized spacial score (nSPS) is 11.0. The smallest absolute Gasteiger partial charge is 0.307 e. The van der Waals surface area contributed by atoms with Gasteiger partial charge < -0.3 is 10.1 Å². The number of rotatable bonds is 6. The molecule has 4 rings (SSSR count). The van der Waals surface area contributed by atoms with E-state index in [1.807, 2.05) is 24.3 Å². The summed E-state index contributed by atoms with van der Waals surface area (Å²) < 4.78 is 0. The van der Waals surface area contributed by atoms with Gasteiger partial charge in [0.25, 0.3) is 0 Å². The van der Waals surface area contributed by atoms with Gasteiger partial charge in [0.2, 0.25) is 0 Å². The van der Waals surface area contributed by atoms with Crippen molar-refractivity contribution in [1.29, 1.82) is 0 Å². The first-order valence-electron chi connectivity index (χ1n) is 9.17. The predicted octanol–water partition coefficient (Wildman–Crippen LogP) is 5.77. The number of hydrogen-bond donors (Lipinski definition) is 2. The van der Waals surface area contributed by atoms with Crippen LogP contribution in [0.1, 0.15) is 16.8 Å². The maximum atomic E-state index is 11.4. The lowest BCUT2D eigenvalue weighted by Gasteiger charge is -2.08. The molecule has 140 valence electrons. The van der Waals surface area contributed by atoms with Gasteiger partial charge in [-0.2, -0.15) is 0 Å². The number of benzene rings is 3. The molecule has 0 fully saturated rings. The van der Waals surface area contributed by atoms with Crippen molar-refractivity contribution in [3.63, 3.8) is 0 Å². The number of aromatic nitrogens is 1. The van der Waals surface area contributed by atoms with Crippen LogP contribution in [0.5, 0.6) is 0 Å². The highest BCUT2D eigenvalue weighted by molar-refractivity contribution is 7.98. The highest BCUT2D eigenvalue weighted by Gasteiger charge is 2.14. The number of carboxylic acid groups (broad SMARTS) is 1. The van der Waals surface area contributed by atoms with Crippen molar-refractivity contribution in [3.05, 3.63) is 89.6 Å². The zero-order valence-electron chi connectivity index (χ0n) is 15.6. The molecule has 0 radical (unpaired) electrons.